The highest BCUT2D eigenvalue weighted by molar-refractivity contribution is 5.90. The van der Waals surface area contributed by atoms with Crippen LogP contribution in [0.15, 0.2) is 54.6 Å². The molecule has 5 heteroatoms. The van der Waals surface area contributed by atoms with Crippen molar-refractivity contribution in [3.8, 4) is 11.8 Å². The van der Waals surface area contributed by atoms with Gasteiger partial charge >= 0.3 is 0 Å². The Labute approximate surface area is 158 Å². The molecule has 0 aliphatic carbocycles. The van der Waals surface area contributed by atoms with Crippen LogP contribution in [0.3, 0.4) is 0 Å². The standard InChI is InChI=1S/C22H19N3O2/c1-15-7-9-21(10-8-15)24-16(2)11-19(17(24)3)12-20(14-23)18-5-4-6-22(13-18)25(26)27/h4-13H,1-3H3. The fourth-order valence-electron chi connectivity index (χ4n) is 3.15. The van der Waals surface area contributed by atoms with Crippen molar-refractivity contribution in [2.24, 2.45) is 0 Å². The van der Waals surface area contributed by atoms with E-state index in [1.807, 2.05) is 26.8 Å². The Balaban J connectivity index is 2.07. The molecule has 0 amide bonds. The molecule has 3 rings (SSSR count). The van der Waals surface area contributed by atoms with Crippen molar-refractivity contribution in [3.63, 3.8) is 0 Å². The molecule has 3 aromatic rings. The molecule has 0 bridgehead atoms. The quantitative estimate of drug-likeness (QED) is 0.358. The van der Waals surface area contributed by atoms with Crippen LogP contribution in [0.25, 0.3) is 17.3 Å². The topological polar surface area (TPSA) is 71.9 Å². The lowest BCUT2D eigenvalue weighted by Crippen LogP contribution is -1.99. The Bertz CT molecular complexity index is 1080. The van der Waals surface area contributed by atoms with Crippen LogP contribution < -0.4 is 0 Å². The Morgan fingerprint density at radius 1 is 1.11 bits per heavy atom. The van der Waals surface area contributed by atoms with Gasteiger partial charge in [0.25, 0.3) is 5.69 Å². The number of nitro benzene ring substituents is 1. The molecule has 1 aromatic heterocycles. The van der Waals surface area contributed by atoms with Crippen molar-refractivity contribution in [2.45, 2.75) is 20.8 Å². The van der Waals surface area contributed by atoms with Gasteiger partial charge in [-0.05, 0) is 56.2 Å². The monoisotopic (exact) mass is 357 g/mol. The highest BCUT2D eigenvalue weighted by atomic mass is 16.6. The number of aryl methyl sites for hydroxylation is 2. The lowest BCUT2D eigenvalue weighted by Gasteiger charge is -2.10. The molecule has 0 saturated carbocycles. The zero-order valence-corrected chi connectivity index (χ0v) is 15.4. The fourth-order valence-corrected chi connectivity index (χ4v) is 3.15. The third kappa shape index (κ3) is 3.65. The molecule has 0 saturated heterocycles. The number of allylic oxidation sites excluding steroid dienone is 1. The predicted molar refractivity (Wildman–Crippen MR) is 107 cm³/mol. The van der Waals surface area contributed by atoms with Crippen molar-refractivity contribution >= 4 is 17.3 Å². The third-order valence-electron chi connectivity index (χ3n) is 4.55. The second-order valence-corrected chi connectivity index (χ2v) is 6.47. The van der Waals surface area contributed by atoms with Crippen LogP contribution in [0.1, 0.15) is 28.1 Å². The summed E-state index contributed by atoms with van der Waals surface area (Å²) in [6, 6.07) is 18.6. The molecule has 1 heterocycles. The van der Waals surface area contributed by atoms with E-state index < -0.39 is 4.92 Å². The van der Waals surface area contributed by atoms with E-state index in [4.69, 9.17) is 0 Å². The largest absolute Gasteiger partial charge is 0.318 e. The van der Waals surface area contributed by atoms with E-state index in [-0.39, 0.29) is 5.69 Å². The number of nitrogens with zero attached hydrogens (tertiary/aromatic N) is 3. The van der Waals surface area contributed by atoms with E-state index in [0.717, 1.165) is 22.6 Å². The SMILES string of the molecule is Cc1ccc(-n2c(C)cc(C=C(C#N)c3cccc([N+](=O)[O-])c3)c2C)cc1. The van der Waals surface area contributed by atoms with E-state index in [1.165, 1.54) is 17.7 Å². The van der Waals surface area contributed by atoms with Crippen LogP contribution in [0, 0.1) is 42.2 Å². The second kappa shape index (κ2) is 7.30. The predicted octanol–water partition coefficient (Wildman–Crippen LogP) is 5.37. The number of rotatable bonds is 4. The van der Waals surface area contributed by atoms with Crippen molar-refractivity contribution in [3.05, 3.63) is 92.8 Å². The minimum Gasteiger partial charge on any atom is -0.318 e. The lowest BCUT2D eigenvalue weighted by atomic mass is 10.0. The van der Waals surface area contributed by atoms with Gasteiger partial charge in [0, 0.05) is 29.2 Å². The number of hydrogen-bond acceptors (Lipinski definition) is 3. The summed E-state index contributed by atoms with van der Waals surface area (Å²) in [7, 11) is 0. The molecule has 0 N–H and O–H groups in total. The molecule has 0 aliphatic heterocycles. The van der Waals surface area contributed by atoms with Gasteiger partial charge in [0.1, 0.15) is 0 Å². The fraction of sp³-hybridized carbons (Fsp3) is 0.136. The summed E-state index contributed by atoms with van der Waals surface area (Å²) >= 11 is 0. The molecule has 2 aromatic carbocycles. The van der Waals surface area contributed by atoms with Crippen LogP contribution in [0.4, 0.5) is 5.69 Å². The first-order chi connectivity index (χ1) is 12.9. The summed E-state index contributed by atoms with van der Waals surface area (Å²) in [5.41, 5.74) is 6.13. The summed E-state index contributed by atoms with van der Waals surface area (Å²) in [5, 5.41) is 20.6. The molecule has 27 heavy (non-hydrogen) atoms. The Hall–Kier alpha value is -3.65. The van der Waals surface area contributed by atoms with Crippen LogP contribution in [-0.2, 0) is 0 Å². The van der Waals surface area contributed by atoms with Gasteiger partial charge in [0.2, 0.25) is 0 Å². The summed E-state index contributed by atoms with van der Waals surface area (Å²) in [5.74, 6) is 0. The molecule has 0 atom stereocenters. The molecular weight excluding hydrogens is 338 g/mol. The maximum atomic E-state index is 11.0. The van der Waals surface area contributed by atoms with Crippen LogP contribution >= 0.6 is 0 Å². The highest BCUT2D eigenvalue weighted by Crippen LogP contribution is 2.26. The lowest BCUT2D eigenvalue weighted by molar-refractivity contribution is -0.384. The van der Waals surface area contributed by atoms with Crippen molar-refractivity contribution in [2.75, 3.05) is 0 Å². The molecular formula is C22H19N3O2. The second-order valence-electron chi connectivity index (χ2n) is 6.47. The minimum atomic E-state index is -0.457. The van der Waals surface area contributed by atoms with Crippen LogP contribution in [0.2, 0.25) is 0 Å². The van der Waals surface area contributed by atoms with Crippen molar-refractivity contribution < 1.29 is 4.92 Å². The zero-order valence-electron chi connectivity index (χ0n) is 15.4. The molecule has 0 fully saturated rings. The molecule has 0 aliphatic rings. The first-order valence-electron chi connectivity index (χ1n) is 8.53. The average molecular weight is 357 g/mol. The number of nitriles is 1. The third-order valence-corrected chi connectivity index (χ3v) is 4.55. The van der Waals surface area contributed by atoms with E-state index in [2.05, 4.69) is 34.9 Å². The Morgan fingerprint density at radius 2 is 1.81 bits per heavy atom. The normalized spacial score (nSPS) is 11.3. The summed E-state index contributed by atoms with van der Waals surface area (Å²) < 4.78 is 2.13. The highest BCUT2D eigenvalue weighted by Gasteiger charge is 2.12. The van der Waals surface area contributed by atoms with Gasteiger partial charge in [-0.1, -0.05) is 29.8 Å². The molecule has 5 nitrogen and oxygen atoms in total. The van der Waals surface area contributed by atoms with Gasteiger partial charge in [-0.15, -0.1) is 0 Å². The summed E-state index contributed by atoms with van der Waals surface area (Å²) in [6.07, 6.45) is 1.78. The molecule has 134 valence electrons. The Kier molecular flexibility index (Phi) is 4.91. The van der Waals surface area contributed by atoms with Gasteiger partial charge in [-0.2, -0.15) is 5.26 Å². The first-order valence-corrected chi connectivity index (χ1v) is 8.53. The van der Waals surface area contributed by atoms with Crippen LogP contribution in [-0.4, -0.2) is 9.49 Å². The number of nitro groups is 1. The van der Waals surface area contributed by atoms with Crippen molar-refractivity contribution in [1.29, 1.82) is 5.26 Å². The molecule has 0 radical (unpaired) electrons. The van der Waals surface area contributed by atoms with E-state index in [9.17, 15) is 15.4 Å². The number of hydrogen-bond donors (Lipinski definition) is 0. The minimum absolute atomic E-state index is 0.0289. The zero-order chi connectivity index (χ0) is 19.6. The Morgan fingerprint density at radius 3 is 2.44 bits per heavy atom. The molecule has 0 unspecified atom stereocenters. The average Bonchev–Trinajstić information content (AvgIpc) is 2.94. The van der Waals surface area contributed by atoms with E-state index >= 15 is 0 Å². The summed E-state index contributed by atoms with van der Waals surface area (Å²) in [6.45, 7) is 6.07. The number of aromatic nitrogens is 1. The molecule has 0 spiro atoms. The maximum Gasteiger partial charge on any atom is 0.270 e. The van der Waals surface area contributed by atoms with Gasteiger partial charge in [0.05, 0.1) is 16.6 Å². The maximum absolute atomic E-state index is 11.0. The smallest absolute Gasteiger partial charge is 0.270 e. The van der Waals surface area contributed by atoms with Gasteiger partial charge in [0.15, 0.2) is 0 Å². The number of non-ortho nitro benzene ring substituents is 1. The number of benzene rings is 2. The van der Waals surface area contributed by atoms with E-state index in [0.29, 0.717) is 11.1 Å². The van der Waals surface area contributed by atoms with E-state index in [1.54, 1.807) is 18.2 Å². The van der Waals surface area contributed by atoms with Crippen molar-refractivity contribution in [1.82, 2.24) is 4.57 Å². The van der Waals surface area contributed by atoms with Crippen LogP contribution in [0.5, 0.6) is 0 Å². The van der Waals surface area contributed by atoms with Gasteiger partial charge in [-0.3, -0.25) is 10.1 Å². The van der Waals surface area contributed by atoms with Gasteiger partial charge < -0.3 is 4.57 Å². The first kappa shape index (κ1) is 18.2. The van der Waals surface area contributed by atoms with Gasteiger partial charge in [-0.25, -0.2) is 0 Å². The summed E-state index contributed by atoms with van der Waals surface area (Å²) in [4.78, 5) is 10.5.